The molecule has 2 rings (SSSR count). The van der Waals surface area contributed by atoms with Gasteiger partial charge in [0.2, 0.25) is 0 Å². The first-order valence-electron chi connectivity index (χ1n) is 4.38. The molecule has 1 aliphatic rings. The Bertz CT molecular complexity index is 456. The smallest absolute Gasteiger partial charge is 0.258 e. The fourth-order valence-corrected chi connectivity index (χ4v) is 1.75. The van der Waals surface area contributed by atoms with E-state index in [1.54, 1.807) is 6.42 Å². The average Bonchev–Trinajstić information content (AvgIpc) is 2.62. The highest BCUT2D eigenvalue weighted by atomic mass is 16.6. The van der Waals surface area contributed by atoms with Crippen molar-refractivity contribution >= 4 is 11.4 Å². The summed E-state index contributed by atoms with van der Waals surface area (Å²) in [5, 5.41) is 21.2. The number of nitro groups is 2. The maximum atomic E-state index is 10.7. The molecule has 0 aromatic heterocycles. The van der Waals surface area contributed by atoms with Crippen molar-refractivity contribution in [1.82, 2.24) is 0 Å². The van der Waals surface area contributed by atoms with Gasteiger partial charge in [-0.15, -0.1) is 0 Å². The van der Waals surface area contributed by atoms with E-state index < -0.39 is 9.85 Å². The van der Waals surface area contributed by atoms with Crippen molar-refractivity contribution < 1.29 is 9.85 Å². The van der Waals surface area contributed by atoms with E-state index >= 15 is 0 Å². The lowest BCUT2D eigenvalue weighted by Crippen LogP contribution is -1.97. The molecule has 15 heavy (non-hydrogen) atoms. The van der Waals surface area contributed by atoms with Gasteiger partial charge in [0.1, 0.15) is 0 Å². The summed E-state index contributed by atoms with van der Waals surface area (Å²) in [5.74, 6) is 0. The topological polar surface area (TPSA) is 86.3 Å². The first-order valence-corrected chi connectivity index (χ1v) is 4.38. The molecule has 0 bridgehead atoms. The summed E-state index contributed by atoms with van der Waals surface area (Å²) in [6, 6.07) is 2.42. The van der Waals surface area contributed by atoms with E-state index in [9.17, 15) is 20.2 Å². The quantitative estimate of drug-likeness (QED) is 0.548. The van der Waals surface area contributed by atoms with Gasteiger partial charge in [-0.1, -0.05) is 0 Å². The Kier molecular flexibility index (Phi) is 2.11. The van der Waals surface area contributed by atoms with Gasteiger partial charge in [-0.05, 0) is 24.8 Å². The molecule has 0 N–H and O–H groups in total. The summed E-state index contributed by atoms with van der Waals surface area (Å²) in [5.41, 5.74) is 0.842. The van der Waals surface area contributed by atoms with Crippen LogP contribution in [0.25, 0.3) is 0 Å². The average molecular weight is 207 g/mol. The summed E-state index contributed by atoms with van der Waals surface area (Å²) in [7, 11) is 0. The minimum Gasteiger partial charge on any atom is -0.258 e. The van der Waals surface area contributed by atoms with Crippen molar-refractivity contribution in [3.05, 3.63) is 49.9 Å². The van der Waals surface area contributed by atoms with Gasteiger partial charge in [0.15, 0.2) is 0 Å². The summed E-state index contributed by atoms with van der Waals surface area (Å²) >= 11 is 0. The minimum absolute atomic E-state index is 0.170. The first kappa shape index (κ1) is 9.57. The molecule has 0 heterocycles. The van der Waals surface area contributed by atoms with Crippen molar-refractivity contribution in [3.63, 3.8) is 0 Å². The van der Waals surface area contributed by atoms with Crippen LogP contribution in [0.5, 0.6) is 0 Å². The number of fused-ring (bicyclic) bond motifs is 1. The molecule has 1 radical (unpaired) electrons. The molecule has 1 aliphatic carbocycles. The molecule has 0 spiro atoms. The molecule has 0 aliphatic heterocycles. The van der Waals surface area contributed by atoms with Gasteiger partial charge in [-0.25, -0.2) is 0 Å². The normalized spacial score (nSPS) is 13.6. The second-order valence-electron chi connectivity index (χ2n) is 3.29. The number of nitro benzene ring substituents is 2. The van der Waals surface area contributed by atoms with Crippen molar-refractivity contribution in [1.29, 1.82) is 0 Å². The molecule has 0 atom stereocenters. The van der Waals surface area contributed by atoms with E-state index in [2.05, 4.69) is 0 Å². The summed E-state index contributed by atoms with van der Waals surface area (Å²) in [6.45, 7) is 0. The van der Waals surface area contributed by atoms with Gasteiger partial charge in [-0.3, -0.25) is 20.2 Å². The van der Waals surface area contributed by atoms with Crippen molar-refractivity contribution in [2.75, 3.05) is 0 Å². The second-order valence-corrected chi connectivity index (χ2v) is 3.29. The van der Waals surface area contributed by atoms with Gasteiger partial charge < -0.3 is 0 Å². The lowest BCUT2D eigenvalue weighted by molar-refractivity contribution is -0.394. The van der Waals surface area contributed by atoms with Gasteiger partial charge in [-0.2, -0.15) is 0 Å². The van der Waals surface area contributed by atoms with Gasteiger partial charge in [0.25, 0.3) is 11.4 Å². The van der Waals surface area contributed by atoms with E-state index in [0.29, 0.717) is 24.0 Å². The highest BCUT2D eigenvalue weighted by Crippen LogP contribution is 2.35. The zero-order valence-corrected chi connectivity index (χ0v) is 7.67. The van der Waals surface area contributed by atoms with E-state index in [1.165, 1.54) is 6.07 Å². The fraction of sp³-hybridized carbons (Fsp3) is 0.222. The molecule has 1 aromatic carbocycles. The van der Waals surface area contributed by atoms with E-state index in [1.807, 2.05) is 0 Å². The van der Waals surface area contributed by atoms with Gasteiger partial charge >= 0.3 is 0 Å². The zero-order valence-electron chi connectivity index (χ0n) is 7.67. The maximum absolute atomic E-state index is 10.7. The van der Waals surface area contributed by atoms with Crippen LogP contribution < -0.4 is 0 Å². The van der Waals surface area contributed by atoms with Crippen LogP contribution in [0.3, 0.4) is 0 Å². The number of rotatable bonds is 2. The number of nitrogens with zero attached hydrogens (tertiary/aromatic N) is 2. The Hall–Kier alpha value is -1.98. The Morgan fingerprint density at radius 1 is 1.13 bits per heavy atom. The number of hydrogen-bond acceptors (Lipinski definition) is 4. The summed E-state index contributed by atoms with van der Waals surface area (Å²) < 4.78 is 0. The largest absolute Gasteiger partial charge is 0.280 e. The van der Waals surface area contributed by atoms with Crippen LogP contribution in [0.4, 0.5) is 11.4 Å². The SMILES string of the molecule is O=[N+]([O-])c1cc2c(c([N+](=O)[O-])c1)[CH]CC2. The van der Waals surface area contributed by atoms with Crippen LogP contribution in [0, 0.1) is 26.6 Å². The predicted octanol–water partition coefficient (Wildman–Crippen LogP) is 2.00. The first-order chi connectivity index (χ1) is 7.09. The third-order valence-corrected chi connectivity index (χ3v) is 2.40. The molecule has 0 saturated heterocycles. The van der Waals surface area contributed by atoms with Crippen molar-refractivity contribution in [3.8, 4) is 0 Å². The molecule has 0 unspecified atom stereocenters. The van der Waals surface area contributed by atoms with E-state index in [0.717, 1.165) is 6.07 Å². The highest BCUT2D eigenvalue weighted by molar-refractivity contribution is 5.58. The van der Waals surface area contributed by atoms with Crippen LogP contribution in [0.15, 0.2) is 12.1 Å². The molecule has 0 fully saturated rings. The van der Waals surface area contributed by atoms with E-state index in [4.69, 9.17) is 0 Å². The van der Waals surface area contributed by atoms with Gasteiger partial charge in [0, 0.05) is 11.6 Å². The zero-order chi connectivity index (χ0) is 11.0. The molecule has 6 nitrogen and oxygen atoms in total. The molecular weight excluding hydrogens is 200 g/mol. The Morgan fingerprint density at radius 2 is 1.87 bits per heavy atom. The third-order valence-electron chi connectivity index (χ3n) is 2.40. The molecule has 1 aromatic rings. The number of benzene rings is 1. The third kappa shape index (κ3) is 1.54. The Labute approximate surface area is 84.8 Å². The fourth-order valence-electron chi connectivity index (χ4n) is 1.75. The molecule has 77 valence electrons. The lowest BCUT2D eigenvalue weighted by atomic mass is 10.1. The van der Waals surface area contributed by atoms with Crippen LogP contribution in [0.2, 0.25) is 0 Å². The molecule has 0 saturated carbocycles. The predicted molar refractivity (Wildman–Crippen MR) is 51.5 cm³/mol. The molecule has 6 heteroatoms. The Balaban J connectivity index is 2.62. The monoisotopic (exact) mass is 207 g/mol. The maximum Gasteiger partial charge on any atom is 0.280 e. The van der Waals surface area contributed by atoms with Gasteiger partial charge in [0.05, 0.1) is 15.9 Å². The molecule has 0 amide bonds. The minimum atomic E-state index is -0.606. The van der Waals surface area contributed by atoms with Crippen LogP contribution >= 0.6 is 0 Å². The van der Waals surface area contributed by atoms with Crippen LogP contribution in [-0.4, -0.2) is 9.85 Å². The van der Waals surface area contributed by atoms with Crippen LogP contribution in [0.1, 0.15) is 17.5 Å². The number of aryl methyl sites for hydroxylation is 1. The summed E-state index contributed by atoms with van der Waals surface area (Å²) in [4.78, 5) is 20.1. The highest BCUT2D eigenvalue weighted by Gasteiger charge is 2.26. The number of non-ortho nitro benzene ring substituents is 1. The summed E-state index contributed by atoms with van der Waals surface area (Å²) in [6.07, 6.45) is 3.09. The number of hydrogen-bond donors (Lipinski definition) is 0. The second kappa shape index (κ2) is 3.30. The van der Waals surface area contributed by atoms with Crippen molar-refractivity contribution in [2.45, 2.75) is 12.8 Å². The lowest BCUT2D eigenvalue weighted by Gasteiger charge is -2.00. The standard InChI is InChI=1S/C9H7N2O4/c12-10(13)7-4-6-2-1-3-8(6)9(5-7)11(14)15/h3-5H,1-2H2. The van der Waals surface area contributed by atoms with E-state index in [-0.39, 0.29) is 11.4 Å². The van der Waals surface area contributed by atoms with Crippen molar-refractivity contribution in [2.24, 2.45) is 0 Å². The van der Waals surface area contributed by atoms with Crippen LogP contribution in [-0.2, 0) is 6.42 Å². The molecular formula is C9H7N2O4. The Morgan fingerprint density at radius 3 is 2.47 bits per heavy atom.